The van der Waals surface area contributed by atoms with Crippen molar-refractivity contribution < 1.29 is 24.9 Å². The van der Waals surface area contributed by atoms with E-state index in [9.17, 15) is 19.8 Å². The molecule has 6 nitrogen and oxygen atoms in total. The van der Waals surface area contributed by atoms with Crippen molar-refractivity contribution in [3.8, 4) is 0 Å². The van der Waals surface area contributed by atoms with Gasteiger partial charge in [-0.05, 0) is 24.1 Å². The van der Waals surface area contributed by atoms with Gasteiger partial charge in [-0.2, -0.15) is 0 Å². The fourth-order valence-electron chi connectivity index (χ4n) is 2.52. The van der Waals surface area contributed by atoms with Crippen LogP contribution in [0.15, 0.2) is 0 Å². The summed E-state index contributed by atoms with van der Waals surface area (Å²) in [6, 6.07) is 0. The summed E-state index contributed by atoms with van der Waals surface area (Å²) < 4.78 is 0. The van der Waals surface area contributed by atoms with Gasteiger partial charge < -0.3 is 20.6 Å². The standard InChI is InChI=1S/C12H21NO5S/c1-6(2)8(14)12(4-5-19-11(17)18)9(15)7(3)10(16)13-12/h6-9,14-15H,4-5H2,1-3H3,(H,13,16)(H,17,18). The van der Waals surface area contributed by atoms with Gasteiger partial charge in [-0.3, -0.25) is 4.79 Å². The second kappa shape index (κ2) is 6.11. The average Bonchev–Trinajstić information content (AvgIpc) is 2.53. The number of hydrogen-bond acceptors (Lipinski definition) is 5. The first-order valence-corrected chi connectivity index (χ1v) is 7.24. The summed E-state index contributed by atoms with van der Waals surface area (Å²) in [5, 5.41) is 30.9. The molecule has 0 aliphatic carbocycles. The molecule has 1 saturated heterocycles. The zero-order valence-corrected chi connectivity index (χ0v) is 12.1. The van der Waals surface area contributed by atoms with E-state index in [0.29, 0.717) is 11.8 Å². The third-order valence-corrected chi connectivity index (χ3v) is 4.33. The molecule has 7 heteroatoms. The van der Waals surface area contributed by atoms with E-state index in [1.54, 1.807) is 20.8 Å². The molecule has 4 unspecified atom stereocenters. The topological polar surface area (TPSA) is 107 Å². The molecule has 1 rings (SSSR count). The van der Waals surface area contributed by atoms with Gasteiger partial charge in [0.1, 0.15) is 0 Å². The monoisotopic (exact) mass is 291 g/mol. The van der Waals surface area contributed by atoms with Crippen LogP contribution in [0.5, 0.6) is 0 Å². The Morgan fingerprint density at radius 2 is 2.11 bits per heavy atom. The maximum atomic E-state index is 11.7. The van der Waals surface area contributed by atoms with Gasteiger partial charge in [0.05, 0.1) is 23.7 Å². The smallest absolute Gasteiger partial charge is 0.364 e. The number of rotatable bonds is 5. The largest absolute Gasteiger partial charge is 0.473 e. The van der Waals surface area contributed by atoms with E-state index in [1.165, 1.54) is 0 Å². The Morgan fingerprint density at radius 1 is 1.53 bits per heavy atom. The number of hydrogen-bond donors (Lipinski definition) is 4. The second-order valence-corrected chi connectivity index (χ2v) is 6.36. The summed E-state index contributed by atoms with van der Waals surface area (Å²) in [5.41, 5.74) is -1.16. The summed E-state index contributed by atoms with van der Waals surface area (Å²) in [6.07, 6.45) is -1.74. The Bertz CT molecular complexity index is 362. The summed E-state index contributed by atoms with van der Waals surface area (Å²) in [7, 11) is 0. The molecule has 1 aliphatic heterocycles. The molecule has 4 N–H and O–H groups in total. The molecule has 0 spiro atoms. The Hall–Kier alpha value is -0.790. The molecule has 0 aromatic rings. The fraction of sp³-hybridized carbons (Fsp3) is 0.833. The van der Waals surface area contributed by atoms with Crippen LogP contribution in [0.4, 0.5) is 4.79 Å². The van der Waals surface area contributed by atoms with E-state index in [4.69, 9.17) is 5.11 Å². The summed E-state index contributed by atoms with van der Waals surface area (Å²) in [6.45, 7) is 5.18. The van der Waals surface area contributed by atoms with Gasteiger partial charge >= 0.3 is 5.30 Å². The first kappa shape index (κ1) is 16.3. The maximum Gasteiger partial charge on any atom is 0.364 e. The number of nitrogens with one attached hydrogen (secondary N) is 1. The lowest BCUT2D eigenvalue weighted by molar-refractivity contribution is -0.123. The minimum atomic E-state index is -1.16. The third-order valence-electron chi connectivity index (χ3n) is 3.67. The first-order chi connectivity index (χ1) is 8.72. The van der Waals surface area contributed by atoms with Gasteiger partial charge in [-0.1, -0.05) is 20.8 Å². The molecule has 0 saturated carbocycles. The number of carbonyl (C=O) groups excluding carboxylic acids is 1. The van der Waals surface area contributed by atoms with Crippen molar-refractivity contribution in [1.29, 1.82) is 0 Å². The molecule has 1 amide bonds. The predicted octanol–water partition coefficient (Wildman–Crippen LogP) is 0.670. The molecule has 0 bridgehead atoms. The van der Waals surface area contributed by atoms with Gasteiger partial charge in [-0.15, -0.1) is 0 Å². The Kier molecular flexibility index (Phi) is 5.23. The van der Waals surface area contributed by atoms with Crippen LogP contribution < -0.4 is 5.32 Å². The van der Waals surface area contributed by atoms with Gasteiger partial charge in [0, 0.05) is 5.75 Å². The SMILES string of the molecule is CC(C)C(O)C1(CCSC(=O)O)NC(=O)C(C)C1O. The summed E-state index contributed by atoms with van der Waals surface area (Å²) in [5.74, 6) is -0.866. The lowest BCUT2D eigenvalue weighted by Gasteiger charge is -2.39. The van der Waals surface area contributed by atoms with E-state index in [1.807, 2.05) is 0 Å². The molecular weight excluding hydrogens is 270 g/mol. The van der Waals surface area contributed by atoms with Crippen LogP contribution >= 0.6 is 11.8 Å². The van der Waals surface area contributed by atoms with Gasteiger partial charge in [0.25, 0.3) is 0 Å². The molecule has 1 heterocycles. The highest BCUT2D eigenvalue weighted by atomic mass is 32.2. The van der Waals surface area contributed by atoms with Crippen molar-refractivity contribution in [2.24, 2.45) is 11.8 Å². The van der Waals surface area contributed by atoms with Crippen molar-refractivity contribution in [1.82, 2.24) is 5.32 Å². The fourth-order valence-corrected chi connectivity index (χ4v) is 3.13. The normalized spacial score (nSPS) is 32.4. The highest BCUT2D eigenvalue weighted by Gasteiger charge is 2.55. The van der Waals surface area contributed by atoms with E-state index in [-0.39, 0.29) is 24.0 Å². The molecular formula is C12H21NO5S. The first-order valence-electron chi connectivity index (χ1n) is 6.26. The average molecular weight is 291 g/mol. The van der Waals surface area contributed by atoms with Crippen molar-refractivity contribution in [3.05, 3.63) is 0 Å². The lowest BCUT2D eigenvalue weighted by atomic mass is 9.78. The summed E-state index contributed by atoms with van der Waals surface area (Å²) >= 11 is 0.693. The Labute approximate surface area is 116 Å². The van der Waals surface area contributed by atoms with E-state index in [0.717, 1.165) is 0 Å². The minimum absolute atomic E-state index is 0.157. The van der Waals surface area contributed by atoms with Crippen LogP contribution in [0, 0.1) is 11.8 Å². The van der Waals surface area contributed by atoms with E-state index >= 15 is 0 Å². The van der Waals surface area contributed by atoms with Crippen LogP contribution in [-0.4, -0.2) is 50.0 Å². The molecule has 4 atom stereocenters. The number of carbonyl (C=O) groups is 2. The van der Waals surface area contributed by atoms with Crippen LogP contribution in [0.2, 0.25) is 0 Å². The van der Waals surface area contributed by atoms with Gasteiger partial charge in [-0.25, -0.2) is 4.79 Å². The minimum Gasteiger partial charge on any atom is -0.473 e. The molecule has 0 radical (unpaired) electrons. The molecule has 0 aromatic carbocycles. The zero-order valence-electron chi connectivity index (χ0n) is 11.3. The molecule has 1 fully saturated rings. The van der Waals surface area contributed by atoms with Crippen LogP contribution in [0.25, 0.3) is 0 Å². The maximum absolute atomic E-state index is 11.7. The molecule has 110 valence electrons. The van der Waals surface area contributed by atoms with E-state index < -0.39 is 29.0 Å². The third kappa shape index (κ3) is 3.21. The lowest BCUT2D eigenvalue weighted by Crippen LogP contribution is -2.60. The van der Waals surface area contributed by atoms with Crippen molar-refractivity contribution in [3.63, 3.8) is 0 Å². The van der Waals surface area contributed by atoms with Gasteiger partial charge in [0.2, 0.25) is 5.91 Å². The van der Waals surface area contributed by atoms with Crippen molar-refractivity contribution in [2.75, 3.05) is 5.75 Å². The highest BCUT2D eigenvalue weighted by molar-refractivity contribution is 8.13. The highest BCUT2D eigenvalue weighted by Crippen LogP contribution is 2.35. The number of aliphatic hydroxyl groups is 2. The molecule has 1 aliphatic rings. The number of amides is 1. The number of thioether (sulfide) groups is 1. The number of carboxylic acid groups (broad SMARTS) is 1. The predicted molar refractivity (Wildman–Crippen MR) is 72.0 cm³/mol. The van der Waals surface area contributed by atoms with E-state index in [2.05, 4.69) is 5.32 Å². The second-order valence-electron chi connectivity index (χ2n) is 5.32. The number of aliphatic hydroxyl groups excluding tert-OH is 2. The zero-order chi connectivity index (χ0) is 14.8. The molecule has 0 aromatic heterocycles. The Morgan fingerprint density at radius 3 is 2.47 bits per heavy atom. The Balaban J connectivity index is 2.92. The van der Waals surface area contributed by atoms with Crippen LogP contribution in [-0.2, 0) is 4.79 Å². The van der Waals surface area contributed by atoms with Crippen LogP contribution in [0.1, 0.15) is 27.2 Å². The molecule has 19 heavy (non-hydrogen) atoms. The van der Waals surface area contributed by atoms with Gasteiger partial charge in [0.15, 0.2) is 0 Å². The van der Waals surface area contributed by atoms with Crippen molar-refractivity contribution in [2.45, 2.75) is 44.9 Å². The van der Waals surface area contributed by atoms with Crippen molar-refractivity contribution >= 4 is 23.0 Å². The van der Waals surface area contributed by atoms with Crippen LogP contribution in [0.3, 0.4) is 0 Å². The quantitative estimate of drug-likeness (QED) is 0.593. The summed E-state index contributed by atoms with van der Waals surface area (Å²) in [4.78, 5) is 22.3.